The number of nitrogens with zero attached hydrogens (tertiary/aromatic N) is 3. The molecule has 182 valence electrons. The van der Waals surface area contributed by atoms with E-state index in [1.165, 1.54) is 32.9 Å². The maximum Gasteiger partial charge on any atom is 0.243 e. The number of aromatic nitrogens is 2. The summed E-state index contributed by atoms with van der Waals surface area (Å²) >= 11 is 0. The number of sulfonamides is 2. The van der Waals surface area contributed by atoms with Gasteiger partial charge >= 0.3 is 0 Å². The first-order valence-electron chi connectivity index (χ1n) is 11.8. The van der Waals surface area contributed by atoms with Gasteiger partial charge in [-0.15, -0.1) is 0 Å². The lowest BCUT2D eigenvalue weighted by molar-refractivity contribution is 0.314. The molecule has 3 aromatic rings. The van der Waals surface area contributed by atoms with E-state index in [4.69, 9.17) is 4.98 Å². The van der Waals surface area contributed by atoms with Gasteiger partial charge in [0.2, 0.25) is 20.0 Å². The first-order valence-corrected chi connectivity index (χ1v) is 14.7. The van der Waals surface area contributed by atoms with Crippen LogP contribution in [-0.4, -0.2) is 61.6 Å². The number of hydrogen-bond acceptors (Lipinski definition) is 5. The lowest BCUT2D eigenvalue weighted by atomic mass is 9.97. The Bertz CT molecular complexity index is 1400. The zero-order valence-electron chi connectivity index (χ0n) is 19.3. The molecule has 8 nitrogen and oxygen atoms in total. The average molecular weight is 503 g/mol. The van der Waals surface area contributed by atoms with E-state index in [0.717, 1.165) is 41.7 Å². The number of aryl methyl sites for hydroxylation is 1. The van der Waals surface area contributed by atoms with Crippen LogP contribution in [0.25, 0.3) is 11.0 Å². The highest BCUT2D eigenvalue weighted by Crippen LogP contribution is 2.31. The molecule has 0 radical (unpaired) electrons. The van der Waals surface area contributed by atoms with E-state index in [-0.39, 0.29) is 15.7 Å². The Morgan fingerprint density at radius 2 is 1.44 bits per heavy atom. The monoisotopic (exact) mass is 502 g/mol. The Kier molecular flexibility index (Phi) is 6.26. The summed E-state index contributed by atoms with van der Waals surface area (Å²) in [7, 11) is -7.49. The highest BCUT2D eigenvalue weighted by Gasteiger charge is 2.33. The van der Waals surface area contributed by atoms with Gasteiger partial charge in [-0.25, -0.2) is 21.8 Å². The quantitative estimate of drug-likeness (QED) is 0.574. The second-order valence-corrected chi connectivity index (χ2v) is 13.1. The van der Waals surface area contributed by atoms with Crippen LogP contribution in [-0.2, 0) is 20.0 Å². The lowest BCUT2D eigenvalue weighted by Gasteiger charge is -2.30. The maximum absolute atomic E-state index is 13.4. The number of fused-ring (bicyclic) bond motifs is 1. The van der Waals surface area contributed by atoms with Crippen molar-refractivity contribution in [1.29, 1.82) is 0 Å². The number of nitrogens with one attached hydrogen (secondary N) is 1. The van der Waals surface area contributed by atoms with Crippen molar-refractivity contribution in [2.24, 2.45) is 0 Å². The van der Waals surface area contributed by atoms with Crippen LogP contribution in [0.1, 0.15) is 49.4 Å². The van der Waals surface area contributed by atoms with Gasteiger partial charge in [0.05, 0.1) is 20.8 Å². The Morgan fingerprint density at radius 1 is 0.824 bits per heavy atom. The molecule has 10 heteroatoms. The summed E-state index contributed by atoms with van der Waals surface area (Å²) in [5, 5.41) is 0. The molecule has 2 aliphatic heterocycles. The highest BCUT2D eigenvalue weighted by molar-refractivity contribution is 7.90. The smallest absolute Gasteiger partial charge is 0.243 e. The third-order valence-corrected chi connectivity index (χ3v) is 10.7. The summed E-state index contributed by atoms with van der Waals surface area (Å²) in [6, 6.07) is 11.9. The Hall–Kier alpha value is -2.27. The van der Waals surface area contributed by atoms with Gasteiger partial charge in [0.25, 0.3) is 0 Å². The molecule has 5 rings (SSSR count). The highest BCUT2D eigenvalue weighted by atomic mass is 32.2. The molecule has 0 atom stereocenters. The van der Waals surface area contributed by atoms with Crippen LogP contribution in [0.3, 0.4) is 0 Å². The fourth-order valence-corrected chi connectivity index (χ4v) is 8.06. The van der Waals surface area contributed by atoms with E-state index < -0.39 is 20.0 Å². The molecule has 3 heterocycles. The molecule has 1 aromatic heterocycles. The van der Waals surface area contributed by atoms with Crippen LogP contribution in [0.2, 0.25) is 0 Å². The van der Waals surface area contributed by atoms with Gasteiger partial charge in [-0.2, -0.15) is 8.61 Å². The van der Waals surface area contributed by atoms with E-state index >= 15 is 0 Å². The largest absolute Gasteiger partial charge is 0.342 e. The number of H-pyrrole nitrogens is 1. The molecule has 0 spiro atoms. The van der Waals surface area contributed by atoms with Gasteiger partial charge in [-0.1, -0.05) is 18.6 Å². The van der Waals surface area contributed by atoms with Crippen LogP contribution in [0.5, 0.6) is 0 Å². The van der Waals surface area contributed by atoms with E-state index in [9.17, 15) is 16.8 Å². The van der Waals surface area contributed by atoms with Crippen molar-refractivity contribution in [3.05, 3.63) is 53.9 Å². The molecular formula is C24H30N4O4S2. The van der Waals surface area contributed by atoms with Crippen molar-refractivity contribution < 1.29 is 16.8 Å². The van der Waals surface area contributed by atoms with Gasteiger partial charge in [0.15, 0.2) is 0 Å². The Labute approximate surface area is 201 Å². The number of benzene rings is 2. The molecule has 0 amide bonds. The zero-order chi connectivity index (χ0) is 23.9. The second kappa shape index (κ2) is 9.07. The van der Waals surface area contributed by atoms with Crippen molar-refractivity contribution in [1.82, 2.24) is 18.6 Å². The summed E-state index contributed by atoms with van der Waals surface area (Å²) in [6.07, 6.45) is 3.99. The minimum atomic E-state index is -3.79. The van der Waals surface area contributed by atoms with Gasteiger partial charge < -0.3 is 4.98 Å². The predicted molar refractivity (Wildman–Crippen MR) is 131 cm³/mol. The predicted octanol–water partition coefficient (Wildman–Crippen LogP) is 3.61. The SMILES string of the molecule is Cc1ccc2nc(C3CCN(S(=O)(=O)c4cccc(S(=O)(=O)N5CCCCC5)c4)CC3)[nH]c2c1. The molecule has 2 saturated heterocycles. The number of aromatic amines is 1. The normalized spacial score (nSPS) is 19.6. The molecule has 1 N–H and O–H groups in total. The van der Waals surface area contributed by atoms with Crippen LogP contribution >= 0.6 is 0 Å². The topological polar surface area (TPSA) is 103 Å². The van der Waals surface area contributed by atoms with Crippen molar-refractivity contribution in [2.75, 3.05) is 26.2 Å². The molecule has 0 aliphatic carbocycles. The van der Waals surface area contributed by atoms with Gasteiger partial charge in [0, 0.05) is 32.1 Å². The standard InChI is InChI=1S/C24H30N4O4S2/c1-18-8-9-22-23(16-18)26-24(25-22)19-10-14-28(15-11-19)34(31,32)21-7-5-6-20(17-21)33(29,30)27-12-3-2-4-13-27/h5-9,16-17,19H,2-4,10-15H2,1H3,(H,25,26). The lowest BCUT2D eigenvalue weighted by Crippen LogP contribution is -2.38. The maximum atomic E-state index is 13.4. The third kappa shape index (κ3) is 4.39. The fraction of sp³-hybridized carbons (Fsp3) is 0.458. The summed E-state index contributed by atoms with van der Waals surface area (Å²) in [6.45, 7) is 3.73. The van der Waals surface area contributed by atoms with Crippen molar-refractivity contribution in [3.8, 4) is 0 Å². The first-order chi connectivity index (χ1) is 16.2. The van der Waals surface area contributed by atoms with Crippen LogP contribution in [0, 0.1) is 6.92 Å². The first kappa shape index (κ1) is 23.5. The van der Waals surface area contributed by atoms with Crippen molar-refractivity contribution in [2.45, 2.75) is 54.7 Å². The molecule has 2 fully saturated rings. The fourth-order valence-electron chi connectivity index (χ4n) is 4.90. The zero-order valence-corrected chi connectivity index (χ0v) is 20.9. The van der Waals surface area contributed by atoms with E-state index in [0.29, 0.717) is 39.0 Å². The van der Waals surface area contributed by atoms with E-state index in [1.807, 2.05) is 19.1 Å². The van der Waals surface area contributed by atoms with Gasteiger partial charge in [0.1, 0.15) is 5.82 Å². The molecular weight excluding hydrogens is 472 g/mol. The van der Waals surface area contributed by atoms with E-state index in [2.05, 4.69) is 11.1 Å². The number of imidazole rings is 1. The van der Waals surface area contributed by atoms with Crippen LogP contribution < -0.4 is 0 Å². The summed E-state index contributed by atoms with van der Waals surface area (Å²) in [4.78, 5) is 8.18. The minimum absolute atomic E-state index is 0.0308. The molecule has 2 aromatic carbocycles. The van der Waals surface area contributed by atoms with E-state index in [1.54, 1.807) is 0 Å². The molecule has 0 bridgehead atoms. The van der Waals surface area contributed by atoms with Gasteiger partial charge in [-0.3, -0.25) is 0 Å². The summed E-state index contributed by atoms with van der Waals surface area (Å²) < 4.78 is 55.7. The van der Waals surface area contributed by atoms with Crippen LogP contribution in [0.15, 0.2) is 52.3 Å². The molecule has 0 saturated carbocycles. The van der Waals surface area contributed by atoms with Crippen molar-refractivity contribution in [3.63, 3.8) is 0 Å². The average Bonchev–Trinajstić information content (AvgIpc) is 3.28. The number of piperidine rings is 2. The summed E-state index contributed by atoms with van der Waals surface area (Å²) in [5.74, 6) is 1.05. The van der Waals surface area contributed by atoms with Crippen LogP contribution in [0.4, 0.5) is 0 Å². The minimum Gasteiger partial charge on any atom is -0.342 e. The Balaban J connectivity index is 1.32. The van der Waals surface area contributed by atoms with Gasteiger partial charge in [-0.05, 0) is 68.5 Å². The number of rotatable bonds is 5. The van der Waals surface area contributed by atoms with Crippen molar-refractivity contribution >= 4 is 31.1 Å². The third-order valence-electron chi connectivity index (χ3n) is 6.89. The summed E-state index contributed by atoms with van der Waals surface area (Å²) in [5.41, 5.74) is 3.08. The number of hydrogen-bond donors (Lipinski definition) is 1. The Morgan fingerprint density at radius 3 is 2.09 bits per heavy atom. The molecule has 0 unspecified atom stereocenters. The molecule has 34 heavy (non-hydrogen) atoms. The second-order valence-electron chi connectivity index (χ2n) is 9.26. The molecule has 2 aliphatic rings.